The Kier molecular flexibility index (Phi) is 3.14. The van der Waals surface area contributed by atoms with Crippen LogP contribution in [0.15, 0.2) is 0 Å². The summed E-state index contributed by atoms with van der Waals surface area (Å²) in [5.74, 6) is 0. The summed E-state index contributed by atoms with van der Waals surface area (Å²) in [6.07, 6.45) is 4.42. The van der Waals surface area contributed by atoms with Gasteiger partial charge in [-0.2, -0.15) is 0 Å². The van der Waals surface area contributed by atoms with Crippen molar-refractivity contribution < 1.29 is 9.63 Å². The highest BCUT2D eigenvalue weighted by atomic mass is 16.7. The lowest BCUT2D eigenvalue weighted by Gasteiger charge is -2.40. The first-order valence-electron chi connectivity index (χ1n) is 5.93. The van der Waals surface area contributed by atoms with Crippen LogP contribution < -0.4 is 0 Å². The Balaban J connectivity index is 2.02. The van der Waals surface area contributed by atoms with Crippen LogP contribution in [0.25, 0.3) is 0 Å². The summed E-state index contributed by atoms with van der Waals surface area (Å²) < 4.78 is 0. The second-order valence-corrected chi connectivity index (χ2v) is 4.61. The van der Waals surface area contributed by atoms with E-state index >= 15 is 0 Å². The van der Waals surface area contributed by atoms with Crippen LogP contribution in [0.5, 0.6) is 0 Å². The summed E-state index contributed by atoms with van der Waals surface area (Å²) in [4.78, 5) is 19.4. The van der Waals surface area contributed by atoms with Crippen molar-refractivity contribution in [1.82, 2.24) is 9.96 Å². The number of piperidine rings is 1. The molecular weight excluding hydrogens is 192 g/mol. The molecule has 0 aromatic heterocycles. The largest absolute Gasteiger partial charge is 0.344 e. The van der Waals surface area contributed by atoms with Crippen LogP contribution in [0.3, 0.4) is 0 Å². The SMILES string of the molecule is C[C@H]1CCC[C@H](C)N1C(=O)N1CCCO1. The predicted molar refractivity (Wildman–Crippen MR) is 57.3 cm³/mol. The van der Waals surface area contributed by atoms with E-state index in [4.69, 9.17) is 4.84 Å². The summed E-state index contributed by atoms with van der Waals surface area (Å²) in [6.45, 7) is 5.68. The molecule has 2 saturated heterocycles. The summed E-state index contributed by atoms with van der Waals surface area (Å²) in [6, 6.07) is 0.767. The molecule has 0 aliphatic carbocycles. The molecule has 2 aliphatic heterocycles. The van der Waals surface area contributed by atoms with Gasteiger partial charge in [0.15, 0.2) is 0 Å². The molecule has 15 heavy (non-hydrogen) atoms. The molecule has 0 unspecified atom stereocenters. The maximum absolute atomic E-state index is 12.1. The van der Waals surface area contributed by atoms with E-state index in [0.29, 0.717) is 18.7 Å². The van der Waals surface area contributed by atoms with E-state index in [0.717, 1.165) is 25.8 Å². The van der Waals surface area contributed by atoms with Gasteiger partial charge in [0, 0.05) is 12.1 Å². The molecule has 2 rings (SSSR count). The highest BCUT2D eigenvalue weighted by Crippen LogP contribution is 2.24. The van der Waals surface area contributed by atoms with Gasteiger partial charge in [0.05, 0.1) is 13.2 Å². The number of nitrogens with zero attached hydrogens (tertiary/aromatic N) is 2. The van der Waals surface area contributed by atoms with Crippen LogP contribution in [0.1, 0.15) is 39.5 Å². The monoisotopic (exact) mass is 212 g/mol. The second kappa shape index (κ2) is 4.39. The normalized spacial score (nSPS) is 32.1. The van der Waals surface area contributed by atoms with Crippen LogP contribution in [-0.4, -0.2) is 41.2 Å². The average molecular weight is 212 g/mol. The van der Waals surface area contributed by atoms with Gasteiger partial charge in [-0.15, -0.1) is 0 Å². The Hall–Kier alpha value is -0.770. The lowest BCUT2D eigenvalue weighted by Crippen LogP contribution is -2.52. The number of hydrogen-bond donors (Lipinski definition) is 0. The van der Waals surface area contributed by atoms with Crippen LogP contribution in [0.4, 0.5) is 4.79 Å². The molecule has 0 aromatic rings. The molecule has 4 heteroatoms. The Morgan fingerprint density at radius 2 is 1.87 bits per heavy atom. The maximum Gasteiger partial charge on any atom is 0.344 e. The molecule has 4 nitrogen and oxygen atoms in total. The molecule has 0 aromatic carbocycles. The number of carbonyl (C=O) groups is 1. The van der Waals surface area contributed by atoms with Crippen LogP contribution >= 0.6 is 0 Å². The van der Waals surface area contributed by atoms with Crippen molar-refractivity contribution in [1.29, 1.82) is 0 Å². The van der Waals surface area contributed by atoms with Crippen molar-refractivity contribution in [2.45, 2.75) is 51.6 Å². The zero-order valence-corrected chi connectivity index (χ0v) is 9.61. The topological polar surface area (TPSA) is 32.8 Å². The first kappa shape index (κ1) is 10.7. The second-order valence-electron chi connectivity index (χ2n) is 4.61. The van der Waals surface area contributed by atoms with E-state index in [2.05, 4.69) is 13.8 Å². The maximum atomic E-state index is 12.1. The summed E-state index contributed by atoms with van der Waals surface area (Å²) in [7, 11) is 0. The first-order valence-corrected chi connectivity index (χ1v) is 5.93. The summed E-state index contributed by atoms with van der Waals surface area (Å²) >= 11 is 0. The van der Waals surface area contributed by atoms with E-state index < -0.39 is 0 Å². The number of rotatable bonds is 0. The lowest BCUT2D eigenvalue weighted by atomic mass is 9.98. The summed E-state index contributed by atoms with van der Waals surface area (Å²) in [5, 5.41) is 1.53. The number of hydroxylamine groups is 2. The van der Waals surface area contributed by atoms with Crippen molar-refractivity contribution in [2.24, 2.45) is 0 Å². The fraction of sp³-hybridized carbons (Fsp3) is 0.909. The summed E-state index contributed by atoms with van der Waals surface area (Å²) in [5.41, 5.74) is 0. The molecular formula is C11H20N2O2. The van der Waals surface area contributed by atoms with Crippen molar-refractivity contribution in [3.8, 4) is 0 Å². The van der Waals surface area contributed by atoms with Gasteiger partial charge >= 0.3 is 6.03 Å². The van der Waals surface area contributed by atoms with Gasteiger partial charge in [-0.3, -0.25) is 4.84 Å². The van der Waals surface area contributed by atoms with Crippen LogP contribution in [0.2, 0.25) is 0 Å². The highest BCUT2D eigenvalue weighted by Gasteiger charge is 2.33. The molecule has 2 atom stereocenters. The Labute approximate surface area is 91.1 Å². The van der Waals surface area contributed by atoms with Crippen LogP contribution in [-0.2, 0) is 4.84 Å². The van der Waals surface area contributed by atoms with Gasteiger partial charge in [0.25, 0.3) is 0 Å². The van der Waals surface area contributed by atoms with Gasteiger partial charge in [-0.25, -0.2) is 9.86 Å². The van der Waals surface area contributed by atoms with E-state index in [1.807, 2.05) is 4.90 Å². The molecule has 2 aliphatic rings. The molecule has 2 heterocycles. The minimum absolute atomic E-state index is 0.0622. The zero-order chi connectivity index (χ0) is 10.8. The van der Waals surface area contributed by atoms with Gasteiger partial charge in [0.1, 0.15) is 0 Å². The van der Waals surface area contributed by atoms with Gasteiger partial charge in [-0.05, 0) is 39.5 Å². The van der Waals surface area contributed by atoms with E-state index in [1.54, 1.807) is 0 Å². The minimum Gasteiger partial charge on any atom is -0.317 e. The van der Waals surface area contributed by atoms with Crippen molar-refractivity contribution >= 4 is 6.03 Å². The standard InChI is InChI=1S/C11H20N2O2/c1-9-5-3-6-10(2)13(9)11(14)12-7-4-8-15-12/h9-10H,3-8H2,1-2H3/t9-,10-/m0/s1. The Morgan fingerprint density at radius 3 is 2.40 bits per heavy atom. The lowest BCUT2D eigenvalue weighted by molar-refractivity contribution is -0.0851. The van der Waals surface area contributed by atoms with E-state index in [1.165, 1.54) is 11.5 Å². The predicted octanol–water partition coefficient (Wildman–Crippen LogP) is 2.01. The number of hydrogen-bond acceptors (Lipinski definition) is 2. The average Bonchev–Trinajstić information content (AvgIpc) is 2.69. The molecule has 0 radical (unpaired) electrons. The number of urea groups is 1. The van der Waals surface area contributed by atoms with E-state index in [-0.39, 0.29) is 6.03 Å². The molecule has 0 bridgehead atoms. The smallest absolute Gasteiger partial charge is 0.317 e. The van der Waals surface area contributed by atoms with Crippen molar-refractivity contribution in [2.75, 3.05) is 13.2 Å². The molecule has 2 fully saturated rings. The third kappa shape index (κ3) is 2.09. The molecule has 0 saturated carbocycles. The number of carbonyl (C=O) groups excluding carboxylic acids is 1. The molecule has 0 spiro atoms. The van der Waals surface area contributed by atoms with Crippen molar-refractivity contribution in [3.63, 3.8) is 0 Å². The molecule has 2 amide bonds. The van der Waals surface area contributed by atoms with Crippen LogP contribution in [0, 0.1) is 0 Å². The third-order valence-corrected chi connectivity index (χ3v) is 3.38. The fourth-order valence-corrected chi connectivity index (χ4v) is 2.53. The van der Waals surface area contributed by atoms with Crippen molar-refractivity contribution in [3.05, 3.63) is 0 Å². The third-order valence-electron chi connectivity index (χ3n) is 3.38. The quantitative estimate of drug-likeness (QED) is 0.615. The molecule has 0 N–H and O–H groups in total. The first-order chi connectivity index (χ1) is 7.20. The van der Waals surface area contributed by atoms with Gasteiger partial charge in [0.2, 0.25) is 0 Å². The van der Waals surface area contributed by atoms with E-state index in [9.17, 15) is 4.79 Å². The zero-order valence-electron chi connectivity index (χ0n) is 9.61. The van der Waals surface area contributed by atoms with Gasteiger partial charge in [-0.1, -0.05) is 0 Å². The Morgan fingerprint density at radius 1 is 1.20 bits per heavy atom. The highest BCUT2D eigenvalue weighted by molar-refractivity contribution is 5.74. The minimum atomic E-state index is 0.0622. The number of likely N-dealkylation sites (tertiary alicyclic amines) is 1. The fourth-order valence-electron chi connectivity index (χ4n) is 2.53. The van der Waals surface area contributed by atoms with Gasteiger partial charge < -0.3 is 4.90 Å². The number of amides is 2. The Bertz CT molecular complexity index is 229. The molecule has 86 valence electrons.